The average Bonchev–Trinajstić information content (AvgIpc) is 2.46. The Morgan fingerprint density at radius 3 is 2.67 bits per heavy atom. The van der Waals surface area contributed by atoms with Gasteiger partial charge in [0.15, 0.2) is 0 Å². The third kappa shape index (κ3) is 3.85. The zero-order valence-electron chi connectivity index (χ0n) is 12.3. The summed E-state index contributed by atoms with van der Waals surface area (Å²) in [7, 11) is 0. The van der Waals surface area contributed by atoms with E-state index < -0.39 is 0 Å². The molecule has 2 aromatic rings. The number of nitrogens with two attached hydrogens (primary N) is 1. The van der Waals surface area contributed by atoms with Crippen LogP contribution in [-0.4, -0.2) is 17.4 Å². The first-order chi connectivity index (χ1) is 10.0. The third-order valence-electron chi connectivity index (χ3n) is 3.35. The number of amides is 1. The lowest BCUT2D eigenvalue weighted by molar-refractivity contribution is 0.0751. The Labute approximate surface area is 133 Å². The summed E-state index contributed by atoms with van der Waals surface area (Å²) in [5.41, 5.74) is 9.31. The average molecular weight is 347 g/mol. The van der Waals surface area contributed by atoms with E-state index >= 15 is 0 Å². The van der Waals surface area contributed by atoms with Crippen LogP contribution >= 0.6 is 15.9 Å². The number of nitrogens with zero attached hydrogens (tertiary/aromatic N) is 1. The van der Waals surface area contributed by atoms with Gasteiger partial charge in [0.1, 0.15) is 0 Å². The fraction of sp³-hybridized carbons (Fsp3) is 0.235. The lowest BCUT2D eigenvalue weighted by Gasteiger charge is -2.22. The molecular weight excluding hydrogens is 328 g/mol. The molecule has 2 rings (SSSR count). The molecule has 0 fully saturated rings. The molecule has 0 unspecified atom stereocenters. The predicted molar refractivity (Wildman–Crippen MR) is 90.1 cm³/mol. The first-order valence-corrected chi connectivity index (χ1v) is 7.70. The van der Waals surface area contributed by atoms with Gasteiger partial charge in [-0.15, -0.1) is 0 Å². The number of anilines is 1. The van der Waals surface area contributed by atoms with Gasteiger partial charge >= 0.3 is 0 Å². The molecule has 110 valence electrons. The van der Waals surface area contributed by atoms with Gasteiger partial charge < -0.3 is 10.6 Å². The molecule has 2 aromatic carbocycles. The summed E-state index contributed by atoms with van der Waals surface area (Å²) in [4.78, 5) is 14.5. The molecule has 0 aromatic heterocycles. The normalized spacial score (nSPS) is 10.4. The van der Waals surface area contributed by atoms with E-state index in [1.165, 1.54) is 5.56 Å². The Morgan fingerprint density at radius 1 is 1.24 bits per heavy atom. The van der Waals surface area contributed by atoms with E-state index in [-0.39, 0.29) is 5.91 Å². The van der Waals surface area contributed by atoms with Crippen molar-refractivity contribution >= 4 is 27.5 Å². The number of rotatable bonds is 4. The van der Waals surface area contributed by atoms with Crippen LogP contribution in [0.15, 0.2) is 46.9 Å². The number of halogens is 1. The van der Waals surface area contributed by atoms with Gasteiger partial charge in [-0.2, -0.15) is 0 Å². The molecule has 0 aliphatic heterocycles. The van der Waals surface area contributed by atoms with Crippen LogP contribution in [0.1, 0.15) is 28.4 Å². The highest BCUT2D eigenvalue weighted by atomic mass is 79.9. The van der Waals surface area contributed by atoms with Crippen molar-refractivity contribution in [2.24, 2.45) is 0 Å². The minimum absolute atomic E-state index is 0.0156. The quantitative estimate of drug-likeness (QED) is 0.850. The van der Waals surface area contributed by atoms with Gasteiger partial charge in [0.25, 0.3) is 5.91 Å². The fourth-order valence-corrected chi connectivity index (χ4v) is 2.65. The molecular formula is C17H19BrN2O. The van der Waals surface area contributed by atoms with E-state index in [1.807, 2.05) is 30.0 Å². The van der Waals surface area contributed by atoms with Crippen LogP contribution in [0, 0.1) is 6.92 Å². The molecule has 0 atom stereocenters. The standard InChI is InChI=1S/C17H19BrN2O/c1-3-20(11-13-6-4-5-12(2)9-13)17(21)15-10-14(19)7-8-16(15)18/h4-10H,3,11,19H2,1-2H3. The maximum Gasteiger partial charge on any atom is 0.255 e. The molecule has 0 radical (unpaired) electrons. The number of hydrogen-bond acceptors (Lipinski definition) is 2. The van der Waals surface area contributed by atoms with Crippen LogP contribution in [0.4, 0.5) is 5.69 Å². The lowest BCUT2D eigenvalue weighted by atomic mass is 10.1. The second kappa shape index (κ2) is 6.76. The van der Waals surface area contributed by atoms with Crippen molar-refractivity contribution in [1.82, 2.24) is 4.90 Å². The molecule has 0 heterocycles. The largest absolute Gasteiger partial charge is 0.399 e. The molecule has 3 nitrogen and oxygen atoms in total. The Kier molecular flexibility index (Phi) is 5.02. The first kappa shape index (κ1) is 15.6. The third-order valence-corrected chi connectivity index (χ3v) is 4.04. The summed E-state index contributed by atoms with van der Waals surface area (Å²) in [6.07, 6.45) is 0. The number of benzene rings is 2. The van der Waals surface area contributed by atoms with E-state index in [2.05, 4.69) is 35.0 Å². The molecule has 2 N–H and O–H groups in total. The van der Waals surface area contributed by atoms with E-state index in [0.717, 1.165) is 10.0 Å². The van der Waals surface area contributed by atoms with Gasteiger partial charge in [-0.05, 0) is 53.5 Å². The van der Waals surface area contributed by atoms with Crippen LogP contribution in [0.3, 0.4) is 0 Å². The number of nitrogen functional groups attached to an aromatic ring is 1. The monoisotopic (exact) mass is 346 g/mol. The summed E-state index contributed by atoms with van der Waals surface area (Å²) in [6, 6.07) is 13.5. The van der Waals surface area contributed by atoms with Crippen molar-refractivity contribution in [3.05, 3.63) is 63.6 Å². The fourth-order valence-electron chi connectivity index (χ4n) is 2.24. The molecule has 0 saturated carbocycles. The van der Waals surface area contributed by atoms with Gasteiger partial charge in [-0.25, -0.2) is 0 Å². The maximum absolute atomic E-state index is 12.7. The summed E-state index contributed by atoms with van der Waals surface area (Å²) >= 11 is 3.42. The van der Waals surface area contributed by atoms with Crippen LogP contribution < -0.4 is 5.73 Å². The van der Waals surface area contributed by atoms with Crippen molar-refractivity contribution in [2.75, 3.05) is 12.3 Å². The lowest BCUT2D eigenvalue weighted by Crippen LogP contribution is -2.30. The second-order valence-electron chi connectivity index (χ2n) is 5.05. The Balaban J connectivity index is 2.24. The highest BCUT2D eigenvalue weighted by Crippen LogP contribution is 2.22. The summed E-state index contributed by atoms with van der Waals surface area (Å²) < 4.78 is 0.768. The number of aryl methyl sites for hydroxylation is 1. The van der Waals surface area contributed by atoms with E-state index in [9.17, 15) is 4.79 Å². The zero-order chi connectivity index (χ0) is 15.4. The van der Waals surface area contributed by atoms with Crippen molar-refractivity contribution < 1.29 is 4.79 Å². The van der Waals surface area contributed by atoms with E-state index in [0.29, 0.717) is 24.3 Å². The van der Waals surface area contributed by atoms with E-state index in [1.54, 1.807) is 12.1 Å². The topological polar surface area (TPSA) is 46.3 Å². The minimum Gasteiger partial charge on any atom is -0.399 e. The van der Waals surface area contributed by atoms with Crippen LogP contribution in [0.5, 0.6) is 0 Å². The van der Waals surface area contributed by atoms with Gasteiger partial charge in [-0.1, -0.05) is 29.8 Å². The van der Waals surface area contributed by atoms with Crippen molar-refractivity contribution in [2.45, 2.75) is 20.4 Å². The highest BCUT2D eigenvalue weighted by Gasteiger charge is 2.17. The smallest absolute Gasteiger partial charge is 0.255 e. The minimum atomic E-state index is -0.0156. The molecule has 0 bridgehead atoms. The Bertz CT molecular complexity index is 655. The Morgan fingerprint density at radius 2 is 2.00 bits per heavy atom. The van der Waals surface area contributed by atoms with Gasteiger partial charge in [0.2, 0.25) is 0 Å². The van der Waals surface area contributed by atoms with Crippen LogP contribution in [0.25, 0.3) is 0 Å². The van der Waals surface area contributed by atoms with Crippen LogP contribution in [0.2, 0.25) is 0 Å². The second-order valence-corrected chi connectivity index (χ2v) is 5.90. The van der Waals surface area contributed by atoms with E-state index in [4.69, 9.17) is 5.73 Å². The summed E-state index contributed by atoms with van der Waals surface area (Å²) in [6.45, 7) is 5.27. The number of carbonyl (C=O) groups is 1. The SMILES string of the molecule is CCN(Cc1cccc(C)c1)C(=O)c1cc(N)ccc1Br. The summed E-state index contributed by atoms with van der Waals surface area (Å²) in [5.74, 6) is -0.0156. The zero-order valence-corrected chi connectivity index (χ0v) is 13.9. The van der Waals surface area contributed by atoms with Crippen LogP contribution in [-0.2, 0) is 6.54 Å². The molecule has 0 aliphatic rings. The molecule has 21 heavy (non-hydrogen) atoms. The van der Waals surface area contributed by atoms with Crippen molar-refractivity contribution in [1.29, 1.82) is 0 Å². The molecule has 4 heteroatoms. The number of hydrogen-bond donors (Lipinski definition) is 1. The first-order valence-electron chi connectivity index (χ1n) is 6.91. The van der Waals surface area contributed by atoms with Crippen molar-refractivity contribution in [3.63, 3.8) is 0 Å². The molecule has 1 amide bonds. The highest BCUT2D eigenvalue weighted by molar-refractivity contribution is 9.10. The van der Waals surface area contributed by atoms with Gasteiger partial charge in [0.05, 0.1) is 5.56 Å². The maximum atomic E-state index is 12.7. The molecule has 0 spiro atoms. The van der Waals surface area contributed by atoms with Gasteiger partial charge in [-0.3, -0.25) is 4.79 Å². The number of carbonyl (C=O) groups excluding carboxylic acids is 1. The molecule has 0 saturated heterocycles. The Hall–Kier alpha value is -1.81. The van der Waals surface area contributed by atoms with Crippen molar-refractivity contribution in [3.8, 4) is 0 Å². The molecule has 0 aliphatic carbocycles. The predicted octanol–water partition coefficient (Wildman–Crippen LogP) is 4.00. The van der Waals surface area contributed by atoms with Gasteiger partial charge in [0, 0.05) is 23.2 Å². The summed E-state index contributed by atoms with van der Waals surface area (Å²) in [5, 5.41) is 0.